The van der Waals surface area contributed by atoms with Crippen LogP contribution in [-0.4, -0.2) is 23.7 Å². The first-order chi connectivity index (χ1) is 9.93. The average Bonchev–Trinajstić information content (AvgIpc) is 2.43. The number of pyridine rings is 1. The summed E-state index contributed by atoms with van der Waals surface area (Å²) in [7, 11) is 0. The van der Waals surface area contributed by atoms with Crippen molar-refractivity contribution in [2.24, 2.45) is 0 Å². The third-order valence-electron chi connectivity index (χ3n) is 2.72. The second-order valence-corrected chi connectivity index (χ2v) is 6.17. The van der Waals surface area contributed by atoms with E-state index in [1.54, 1.807) is 32.0 Å². The molecule has 2 aromatic rings. The highest BCUT2D eigenvalue weighted by Crippen LogP contribution is 2.36. The molecule has 1 aromatic carbocycles. The van der Waals surface area contributed by atoms with Crippen LogP contribution in [0.3, 0.4) is 0 Å². The second kappa shape index (κ2) is 6.98. The molecule has 1 aromatic heterocycles. The lowest BCUT2D eigenvalue weighted by molar-refractivity contribution is -0.150. The molecule has 0 aliphatic rings. The van der Waals surface area contributed by atoms with E-state index in [0.717, 1.165) is 3.57 Å². The monoisotopic (exact) mass is 439 g/mol. The van der Waals surface area contributed by atoms with E-state index in [4.69, 9.17) is 32.7 Å². The molecule has 4 nitrogen and oxygen atoms in total. The van der Waals surface area contributed by atoms with Gasteiger partial charge in [-0.2, -0.15) is 0 Å². The Balaban J connectivity index is 2.48. The third kappa shape index (κ3) is 3.70. The molecule has 0 fully saturated rings. The van der Waals surface area contributed by atoms with Crippen LogP contribution < -0.4 is 4.74 Å². The largest absolute Gasteiger partial charge is 0.476 e. The van der Waals surface area contributed by atoms with Gasteiger partial charge in [0.1, 0.15) is 10.7 Å². The zero-order valence-corrected chi connectivity index (χ0v) is 15.0. The Bertz CT molecular complexity index is 693. The summed E-state index contributed by atoms with van der Waals surface area (Å²) >= 11 is 14.2. The standard InChI is InChI=1S/C14H12Cl2INO3/c1-3-20-14(19)7(2)21-13-10(17)6-9(15)8-4-5-11(16)18-12(8)13/h4-7H,3H2,1-2H3. The fourth-order valence-electron chi connectivity index (χ4n) is 1.77. The Labute approximate surface area is 145 Å². The summed E-state index contributed by atoms with van der Waals surface area (Å²) in [4.78, 5) is 16.0. The van der Waals surface area contributed by atoms with Crippen molar-refractivity contribution in [2.45, 2.75) is 20.0 Å². The SMILES string of the molecule is CCOC(=O)C(C)Oc1c(I)cc(Cl)c2ccc(Cl)nc12. The van der Waals surface area contributed by atoms with Gasteiger partial charge in [0.2, 0.25) is 0 Å². The van der Waals surface area contributed by atoms with Crippen molar-refractivity contribution in [2.75, 3.05) is 6.61 Å². The van der Waals surface area contributed by atoms with Gasteiger partial charge in [0.15, 0.2) is 11.9 Å². The summed E-state index contributed by atoms with van der Waals surface area (Å²) in [5.41, 5.74) is 0.524. The van der Waals surface area contributed by atoms with Crippen molar-refractivity contribution in [1.29, 1.82) is 0 Å². The summed E-state index contributed by atoms with van der Waals surface area (Å²) < 4.78 is 11.4. The number of hydrogen-bond acceptors (Lipinski definition) is 4. The normalized spacial score (nSPS) is 12.2. The Morgan fingerprint density at radius 3 is 2.81 bits per heavy atom. The van der Waals surface area contributed by atoms with Gasteiger partial charge in [0.25, 0.3) is 0 Å². The first-order valence-electron chi connectivity index (χ1n) is 6.21. The second-order valence-electron chi connectivity index (χ2n) is 4.21. The topological polar surface area (TPSA) is 48.4 Å². The van der Waals surface area contributed by atoms with E-state index in [-0.39, 0.29) is 0 Å². The quantitative estimate of drug-likeness (QED) is 0.400. The maximum absolute atomic E-state index is 11.7. The van der Waals surface area contributed by atoms with Crippen LogP contribution in [0.15, 0.2) is 18.2 Å². The molecular weight excluding hydrogens is 428 g/mol. The van der Waals surface area contributed by atoms with E-state index in [0.29, 0.717) is 33.4 Å². The van der Waals surface area contributed by atoms with Gasteiger partial charge >= 0.3 is 5.97 Å². The number of nitrogens with zero attached hydrogens (tertiary/aromatic N) is 1. The Morgan fingerprint density at radius 2 is 2.14 bits per heavy atom. The molecule has 0 aliphatic heterocycles. The number of fused-ring (bicyclic) bond motifs is 1. The number of halogens is 3. The van der Waals surface area contributed by atoms with E-state index in [2.05, 4.69) is 27.6 Å². The minimum absolute atomic E-state index is 0.301. The van der Waals surface area contributed by atoms with Gasteiger partial charge in [-0.1, -0.05) is 23.2 Å². The summed E-state index contributed by atoms with van der Waals surface area (Å²) in [6.45, 7) is 3.67. The number of benzene rings is 1. The number of rotatable bonds is 4. The number of carbonyl (C=O) groups is 1. The highest BCUT2D eigenvalue weighted by molar-refractivity contribution is 14.1. The molecule has 112 valence electrons. The average molecular weight is 440 g/mol. The van der Waals surface area contributed by atoms with Crippen LogP contribution in [-0.2, 0) is 9.53 Å². The van der Waals surface area contributed by atoms with Crippen LogP contribution >= 0.6 is 45.8 Å². The van der Waals surface area contributed by atoms with Gasteiger partial charge in [0.05, 0.1) is 15.2 Å². The van der Waals surface area contributed by atoms with E-state index in [1.165, 1.54) is 0 Å². The highest BCUT2D eigenvalue weighted by Gasteiger charge is 2.20. The molecule has 0 spiro atoms. The van der Waals surface area contributed by atoms with E-state index in [1.807, 2.05) is 0 Å². The minimum Gasteiger partial charge on any atom is -0.476 e. The minimum atomic E-state index is -0.747. The molecule has 21 heavy (non-hydrogen) atoms. The lowest BCUT2D eigenvalue weighted by atomic mass is 10.2. The van der Waals surface area contributed by atoms with Gasteiger partial charge in [-0.05, 0) is 54.6 Å². The predicted octanol–water partition coefficient (Wildman–Crippen LogP) is 4.48. The molecule has 1 unspecified atom stereocenters. The van der Waals surface area contributed by atoms with Gasteiger partial charge in [0, 0.05) is 5.39 Å². The van der Waals surface area contributed by atoms with Gasteiger partial charge in [-0.3, -0.25) is 0 Å². The molecule has 0 aliphatic carbocycles. The first kappa shape index (κ1) is 16.6. The number of esters is 1. The predicted molar refractivity (Wildman–Crippen MR) is 91.2 cm³/mol. The van der Waals surface area contributed by atoms with Crippen molar-refractivity contribution in [3.63, 3.8) is 0 Å². The van der Waals surface area contributed by atoms with Crippen molar-refractivity contribution in [3.8, 4) is 5.75 Å². The third-order valence-corrected chi connectivity index (χ3v) is 4.04. The van der Waals surface area contributed by atoms with E-state index in [9.17, 15) is 4.79 Å². The number of hydrogen-bond donors (Lipinski definition) is 0. The molecule has 0 amide bonds. The number of carbonyl (C=O) groups excluding carboxylic acids is 1. The van der Waals surface area contributed by atoms with Crippen LogP contribution in [0, 0.1) is 3.57 Å². The molecule has 1 atom stereocenters. The van der Waals surface area contributed by atoms with Gasteiger partial charge in [-0.25, -0.2) is 9.78 Å². The van der Waals surface area contributed by atoms with Crippen LogP contribution in [0.4, 0.5) is 0 Å². The van der Waals surface area contributed by atoms with E-state index >= 15 is 0 Å². The van der Waals surface area contributed by atoms with E-state index < -0.39 is 12.1 Å². The Kier molecular flexibility index (Phi) is 5.51. The maximum atomic E-state index is 11.7. The molecule has 0 saturated carbocycles. The van der Waals surface area contributed by atoms with Crippen molar-refractivity contribution in [1.82, 2.24) is 4.98 Å². The Hall–Kier alpha value is -0.790. The van der Waals surface area contributed by atoms with Crippen LogP contribution in [0.2, 0.25) is 10.2 Å². The zero-order chi connectivity index (χ0) is 15.6. The molecule has 2 rings (SSSR count). The zero-order valence-electron chi connectivity index (χ0n) is 11.3. The molecular formula is C14H12Cl2INO3. The number of aromatic nitrogens is 1. The van der Waals surface area contributed by atoms with Crippen molar-refractivity contribution < 1.29 is 14.3 Å². The fraction of sp³-hybridized carbons (Fsp3) is 0.286. The van der Waals surface area contributed by atoms with Crippen LogP contribution in [0.1, 0.15) is 13.8 Å². The van der Waals surface area contributed by atoms with Crippen molar-refractivity contribution >= 4 is 62.7 Å². The smallest absolute Gasteiger partial charge is 0.347 e. The lowest BCUT2D eigenvalue weighted by Crippen LogP contribution is -2.26. The first-order valence-corrected chi connectivity index (χ1v) is 8.05. The summed E-state index contributed by atoms with van der Waals surface area (Å²) in [6.07, 6.45) is -0.747. The summed E-state index contributed by atoms with van der Waals surface area (Å²) in [6, 6.07) is 5.18. The van der Waals surface area contributed by atoms with Gasteiger partial charge in [-0.15, -0.1) is 0 Å². The molecule has 0 radical (unpaired) electrons. The molecule has 0 saturated heterocycles. The van der Waals surface area contributed by atoms with Crippen LogP contribution in [0.25, 0.3) is 10.9 Å². The fourth-order valence-corrected chi connectivity index (χ4v) is 3.05. The Morgan fingerprint density at radius 1 is 1.43 bits per heavy atom. The maximum Gasteiger partial charge on any atom is 0.347 e. The summed E-state index contributed by atoms with van der Waals surface area (Å²) in [5, 5.41) is 1.59. The lowest BCUT2D eigenvalue weighted by Gasteiger charge is -2.16. The highest BCUT2D eigenvalue weighted by atomic mass is 127. The van der Waals surface area contributed by atoms with Gasteiger partial charge < -0.3 is 9.47 Å². The molecule has 1 heterocycles. The molecule has 7 heteroatoms. The molecule has 0 N–H and O–H groups in total. The van der Waals surface area contributed by atoms with Crippen molar-refractivity contribution in [3.05, 3.63) is 31.9 Å². The number of ether oxygens (including phenoxy) is 2. The van der Waals surface area contributed by atoms with Crippen LogP contribution in [0.5, 0.6) is 5.75 Å². The summed E-state index contributed by atoms with van der Waals surface area (Å²) in [5.74, 6) is 0.0384. The molecule has 0 bridgehead atoms.